The lowest BCUT2D eigenvalue weighted by molar-refractivity contribution is 0.0832. The van der Waals surface area contributed by atoms with Crippen LogP contribution in [0.15, 0.2) is 82.4 Å². The van der Waals surface area contributed by atoms with Crippen LogP contribution in [0.1, 0.15) is 19.8 Å². The Morgan fingerprint density at radius 1 is 0.673 bits per heavy atom. The monoisotopic (exact) mass is 652 g/mol. The van der Waals surface area contributed by atoms with Gasteiger partial charge < -0.3 is 15.5 Å². The number of rotatable bonds is 10. The molecule has 0 saturated carbocycles. The predicted octanol–water partition coefficient (Wildman–Crippen LogP) is 4.29. The minimum absolute atomic E-state index is 0.0122. The van der Waals surface area contributed by atoms with Crippen molar-refractivity contribution in [1.29, 1.82) is 0 Å². The van der Waals surface area contributed by atoms with Crippen molar-refractivity contribution >= 4 is 66.0 Å². The van der Waals surface area contributed by atoms with E-state index in [0.717, 1.165) is 103 Å². The summed E-state index contributed by atoms with van der Waals surface area (Å²) < 4.78 is 3.57. The van der Waals surface area contributed by atoms with Crippen molar-refractivity contribution < 1.29 is 0 Å². The second-order valence-electron chi connectivity index (χ2n) is 13.2. The summed E-state index contributed by atoms with van der Waals surface area (Å²) in [6.07, 6.45) is 1.94. The Hall–Kier alpha value is -5.46. The molecule has 0 spiro atoms. The maximum atomic E-state index is 13.5. The van der Waals surface area contributed by atoms with Gasteiger partial charge in [0, 0.05) is 67.5 Å². The molecule has 8 aromatic rings. The summed E-state index contributed by atoms with van der Waals surface area (Å²) in [6.45, 7) is 8.91. The van der Waals surface area contributed by atoms with Gasteiger partial charge in [0.1, 0.15) is 22.1 Å². The van der Waals surface area contributed by atoms with Crippen molar-refractivity contribution in [2.24, 2.45) is 0 Å². The highest BCUT2D eigenvalue weighted by Crippen LogP contribution is 2.29. The third-order valence-electron chi connectivity index (χ3n) is 10.2. The van der Waals surface area contributed by atoms with Gasteiger partial charge in [-0.25, -0.2) is 9.03 Å². The van der Waals surface area contributed by atoms with E-state index < -0.39 is 0 Å². The van der Waals surface area contributed by atoms with Crippen LogP contribution in [0.25, 0.3) is 54.6 Å². The molecule has 4 aromatic heterocycles. The van der Waals surface area contributed by atoms with Crippen LogP contribution in [0.3, 0.4) is 0 Å². The van der Waals surface area contributed by atoms with Crippen LogP contribution >= 0.6 is 0 Å². The highest BCUT2D eigenvalue weighted by atomic mass is 16.1. The number of aromatic nitrogens is 6. The van der Waals surface area contributed by atoms with Gasteiger partial charge in [-0.1, -0.05) is 34.7 Å². The number of nitrogens with one attached hydrogen (secondary N) is 2. The smallest absolute Gasteiger partial charge is 0.199 e. The molecule has 246 valence electrons. The summed E-state index contributed by atoms with van der Waals surface area (Å²) in [5.74, 6) is 0. The molecule has 12 nitrogen and oxygen atoms in total. The Morgan fingerprint density at radius 2 is 1.20 bits per heavy atom. The third kappa shape index (κ3) is 4.89. The van der Waals surface area contributed by atoms with Crippen molar-refractivity contribution in [3.05, 3.63) is 93.2 Å². The van der Waals surface area contributed by atoms with E-state index in [4.69, 9.17) is 0 Å². The topological polar surface area (TPSA) is 125 Å². The Bertz CT molecular complexity index is 2600. The van der Waals surface area contributed by atoms with Gasteiger partial charge in [-0.3, -0.25) is 14.5 Å². The maximum Gasteiger partial charge on any atom is 0.199 e. The van der Waals surface area contributed by atoms with E-state index in [9.17, 15) is 9.59 Å². The highest BCUT2D eigenvalue weighted by Gasteiger charge is 2.23. The molecule has 1 unspecified atom stereocenters. The van der Waals surface area contributed by atoms with Crippen molar-refractivity contribution in [3.63, 3.8) is 0 Å². The van der Waals surface area contributed by atoms with Crippen LogP contribution in [-0.2, 0) is 0 Å². The van der Waals surface area contributed by atoms with Gasteiger partial charge in [-0.2, -0.15) is 0 Å². The van der Waals surface area contributed by atoms with Crippen molar-refractivity contribution in [3.8, 4) is 0 Å². The molecule has 5 heterocycles. The number of anilines is 2. The van der Waals surface area contributed by atoms with Crippen LogP contribution in [0, 0.1) is 0 Å². The van der Waals surface area contributed by atoms with Gasteiger partial charge in [-0.05, 0) is 74.8 Å². The summed E-state index contributed by atoms with van der Waals surface area (Å²) in [6, 6.07) is 23.4. The number of hydrogen-bond donors (Lipinski definition) is 2. The maximum absolute atomic E-state index is 13.5. The normalized spacial score (nSPS) is 16.3. The van der Waals surface area contributed by atoms with E-state index in [1.807, 2.05) is 72.8 Å². The standard InChI is InChI=1S/C37H36N10O2/c1-23-22-44(18-6-16-38-26-12-14-28-34-32(26)36(48)24-8-2-4-10-30(24)46(34)42-40-28)20-21-45(23)19-7-17-39-27-13-15-29-35-33(27)37(49)25-9-3-5-11-31(25)47(35)43-41-29/h2-5,8-15,23,38-39H,6-7,16-22H2,1H3. The molecule has 1 fully saturated rings. The Balaban J connectivity index is 0.788. The minimum atomic E-state index is 0.0122. The second kappa shape index (κ2) is 11.9. The molecule has 0 bridgehead atoms. The quantitative estimate of drug-likeness (QED) is 0.163. The van der Waals surface area contributed by atoms with Crippen molar-refractivity contribution in [2.75, 3.05) is 56.4 Å². The van der Waals surface area contributed by atoms with Crippen molar-refractivity contribution in [2.45, 2.75) is 25.8 Å². The number of nitrogens with zero attached hydrogens (tertiary/aromatic N) is 8. The van der Waals surface area contributed by atoms with E-state index in [-0.39, 0.29) is 10.9 Å². The van der Waals surface area contributed by atoms with E-state index in [1.165, 1.54) is 0 Å². The molecule has 4 aromatic carbocycles. The van der Waals surface area contributed by atoms with E-state index in [2.05, 4.69) is 48.0 Å². The fourth-order valence-electron chi connectivity index (χ4n) is 7.72. The fourth-order valence-corrected chi connectivity index (χ4v) is 7.72. The predicted molar refractivity (Wildman–Crippen MR) is 195 cm³/mol. The van der Waals surface area contributed by atoms with Crippen LogP contribution in [0.2, 0.25) is 0 Å². The van der Waals surface area contributed by atoms with Crippen LogP contribution in [0.5, 0.6) is 0 Å². The second-order valence-corrected chi connectivity index (χ2v) is 13.2. The molecule has 2 N–H and O–H groups in total. The van der Waals surface area contributed by atoms with E-state index in [1.54, 1.807) is 9.03 Å². The first-order valence-corrected chi connectivity index (χ1v) is 17.1. The molecular formula is C37H36N10O2. The molecule has 0 aliphatic carbocycles. The molecule has 1 saturated heterocycles. The highest BCUT2D eigenvalue weighted by molar-refractivity contribution is 6.07. The molecule has 0 amide bonds. The molecular weight excluding hydrogens is 616 g/mol. The zero-order valence-electron chi connectivity index (χ0n) is 27.3. The minimum Gasteiger partial charge on any atom is -0.384 e. The molecule has 1 aliphatic rings. The number of piperazine rings is 1. The Kier molecular flexibility index (Phi) is 7.20. The first kappa shape index (κ1) is 29.7. The summed E-state index contributed by atoms with van der Waals surface area (Å²) in [4.78, 5) is 32.1. The van der Waals surface area contributed by atoms with Gasteiger partial charge in [0.05, 0.1) is 21.8 Å². The summed E-state index contributed by atoms with van der Waals surface area (Å²) in [7, 11) is 0. The molecule has 9 rings (SSSR count). The van der Waals surface area contributed by atoms with Gasteiger partial charge >= 0.3 is 0 Å². The zero-order chi connectivity index (χ0) is 33.1. The zero-order valence-corrected chi connectivity index (χ0v) is 27.3. The van der Waals surface area contributed by atoms with Crippen LogP contribution < -0.4 is 21.5 Å². The Morgan fingerprint density at radius 3 is 1.76 bits per heavy atom. The van der Waals surface area contributed by atoms with Crippen molar-refractivity contribution in [1.82, 2.24) is 39.5 Å². The first-order chi connectivity index (χ1) is 24.1. The lowest BCUT2D eigenvalue weighted by atomic mass is 10.1. The average molecular weight is 653 g/mol. The summed E-state index contributed by atoms with van der Waals surface area (Å²) >= 11 is 0. The first-order valence-electron chi connectivity index (χ1n) is 17.1. The summed E-state index contributed by atoms with van der Waals surface area (Å²) in [5.41, 5.74) is 6.25. The molecule has 1 atom stereocenters. The number of benzene rings is 4. The van der Waals surface area contributed by atoms with Crippen LogP contribution in [0.4, 0.5) is 11.4 Å². The number of pyridine rings is 2. The lowest BCUT2D eigenvalue weighted by Gasteiger charge is -2.40. The number of para-hydroxylation sites is 2. The Labute approximate surface area is 280 Å². The average Bonchev–Trinajstić information content (AvgIpc) is 3.77. The van der Waals surface area contributed by atoms with Gasteiger partial charge in [0.15, 0.2) is 10.9 Å². The molecule has 12 heteroatoms. The number of hydrogen-bond acceptors (Lipinski definition) is 10. The number of fused-ring (bicyclic) bond motifs is 4. The van der Waals surface area contributed by atoms with Gasteiger partial charge in [0.2, 0.25) is 0 Å². The van der Waals surface area contributed by atoms with Gasteiger partial charge in [0.25, 0.3) is 0 Å². The van der Waals surface area contributed by atoms with Gasteiger partial charge in [-0.15, -0.1) is 10.2 Å². The largest absolute Gasteiger partial charge is 0.384 e. The third-order valence-corrected chi connectivity index (χ3v) is 10.2. The lowest BCUT2D eigenvalue weighted by Crippen LogP contribution is -2.52. The van der Waals surface area contributed by atoms with E-state index >= 15 is 0 Å². The summed E-state index contributed by atoms with van der Waals surface area (Å²) in [5, 5.41) is 27.0. The molecule has 1 aliphatic heterocycles. The fraction of sp³-hybridized carbons (Fsp3) is 0.297. The molecule has 49 heavy (non-hydrogen) atoms. The SMILES string of the molecule is CC1CN(CCCNc2ccc3nnn4c5ccccc5c(=O)c2c34)CCN1CCCNc1ccc2nnn3c4ccccc4c(=O)c1c23. The molecule has 0 radical (unpaired) electrons. The van der Waals surface area contributed by atoms with E-state index in [0.29, 0.717) is 27.6 Å². The van der Waals surface area contributed by atoms with Crippen LogP contribution in [-0.4, -0.2) is 91.3 Å².